The van der Waals surface area contributed by atoms with Crippen LogP contribution in [0.2, 0.25) is 5.02 Å². The zero-order chi connectivity index (χ0) is 21.5. The van der Waals surface area contributed by atoms with Crippen LogP contribution in [-0.4, -0.2) is 29.6 Å². The third kappa shape index (κ3) is 3.35. The number of carbonyl (C=O) groups excluding carboxylic acids is 1. The summed E-state index contributed by atoms with van der Waals surface area (Å²) in [7, 11) is 3.95. The molecule has 5 aromatic rings. The monoisotopic (exact) mass is 425 g/mol. The first-order valence-corrected chi connectivity index (χ1v) is 10.4. The molecule has 0 unspecified atom stereocenters. The molecule has 0 aliphatic carbocycles. The van der Waals surface area contributed by atoms with Crippen LogP contribution in [0.25, 0.3) is 33.2 Å². The molecule has 5 rings (SSSR count). The minimum absolute atomic E-state index is 0.127. The standard InChI is InChI=1S/C26H20ClN3O/c1-29(2)20-13-10-18(11-14-20)26(31)30-24-15-12-19(27)16-23(24)28-25(30)22-9-5-7-17-6-3-4-8-21(17)22/h3-16H,1-2H3. The zero-order valence-corrected chi connectivity index (χ0v) is 18.0. The Labute approximate surface area is 185 Å². The molecule has 0 aliphatic rings. The molecule has 4 nitrogen and oxygen atoms in total. The second kappa shape index (κ2) is 7.56. The van der Waals surface area contributed by atoms with Gasteiger partial charge >= 0.3 is 0 Å². The van der Waals surface area contributed by atoms with E-state index in [0.717, 1.165) is 27.5 Å². The van der Waals surface area contributed by atoms with E-state index >= 15 is 0 Å². The summed E-state index contributed by atoms with van der Waals surface area (Å²) < 4.78 is 1.69. The predicted molar refractivity (Wildman–Crippen MR) is 128 cm³/mol. The lowest BCUT2D eigenvalue weighted by Gasteiger charge is -2.14. The highest BCUT2D eigenvalue weighted by Gasteiger charge is 2.21. The van der Waals surface area contributed by atoms with E-state index in [1.165, 1.54) is 0 Å². The Balaban J connectivity index is 1.76. The van der Waals surface area contributed by atoms with Gasteiger partial charge in [-0.1, -0.05) is 54.1 Å². The number of anilines is 1. The smallest absolute Gasteiger partial charge is 0.264 e. The average Bonchev–Trinajstić information content (AvgIpc) is 3.16. The van der Waals surface area contributed by atoms with Gasteiger partial charge in [0.1, 0.15) is 5.82 Å². The fraction of sp³-hybridized carbons (Fsp3) is 0.0769. The molecule has 1 heterocycles. The SMILES string of the molecule is CN(C)c1ccc(C(=O)n2c(-c3cccc4ccccc34)nc3cc(Cl)ccc32)cc1. The maximum atomic E-state index is 13.7. The lowest BCUT2D eigenvalue weighted by molar-refractivity contribution is 0.0966. The van der Waals surface area contributed by atoms with E-state index in [1.54, 1.807) is 16.7 Å². The van der Waals surface area contributed by atoms with Gasteiger partial charge in [0.2, 0.25) is 0 Å². The highest BCUT2D eigenvalue weighted by Crippen LogP contribution is 2.32. The number of aromatic nitrogens is 2. The number of benzene rings is 4. The zero-order valence-electron chi connectivity index (χ0n) is 17.2. The maximum Gasteiger partial charge on any atom is 0.264 e. The van der Waals surface area contributed by atoms with Crippen LogP contribution in [0, 0.1) is 0 Å². The van der Waals surface area contributed by atoms with Gasteiger partial charge in [-0.3, -0.25) is 9.36 Å². The molecular formula is C26H20ClN3O. The van der Waals surface area contributed by atoms with E-state index < -0.39 is 0 Å². The van der Waals surface area contributed by atoms with Crippen molar-refractivity contribution < 1.29 is 4.79 Å². The van der Waals surface area contributed by atoms with Crippen LogP contribution >= 0.6 is 11.6 Å². The van der Waals surface area contributed by atoms with Crippen LogP contribution in [0.1, 0.15) is 10.4 Å². The molecule has 0 saturated heterocycles. The van der Waals surface area contributed by atoms with Gasteiger partial charge in [0, 0.05) is 35.9 Å². The largest absolute Gasteiger partial charge is 0.378 e. The molecule has 0 spiro atoms. The fourth-order valence-corrected chi connectivity index (χ4v) is 4.06. The summed E-state index contributed by atoms with van der Waals surface area (Å²) in [6, 6.07) is 27.2. The van der Waals surface area contributed by atoms with E-state index in [9.17, 15) is 4.79 Å². The van der Waals surface area contributed by atoms with Gasteiger partial charge in [0.25, 0.3) is 5.91 Å². The van der Waals surface area contributed by atoms with Gasteiger partial charge in [-0.2, -0.15) is 0 Å². The van der Waals surface area contributed by atoms with Crippen molar-refractivity contribution in [2.75, 3.05) is 19.0 Å². The van der Waals surface area contributed by atoms with Crippen molar-refractivity contribution >= 4 is 45.0 Å². The molecule has 0 atom stereocenters. The summed E-state index contributed by atoms with van der Waals surface area (Å²) in [4.78, 5) is 20.5. The Morgan fingerprint density at radius 3 is 2.42 bits per heavy atom. The third-order valence-electron chi connectivity index (χ3n) is 5.48. The Hall–Kier alpha value is -3.63. The van der Waals surface area contributed by atoms with Crippen molar-refractivity contribution in [2.24, 2.45) is 0 Å². The van der Waals surface area contributed by atoms with Crippen LogP contribution in [0.5, 0.6) is 0 Å². The Kier molecular flexibility index (Phi) is 4.72. The number of hydrogen-bond donors (Lipinski definition) is 0. The van der Waals surface area contributed by atoms with Gasteiger partial charge < -0.3 is 4.90 Å². The molecule has 0 radical (unpaired) electrons. The van der Waals surface area contributed by atoms with Crippen molar-refractivity contribution in [3.05, 3.63) is 95.5 Å². The van der Waals surface area contributed by atoms with E-state index in [0.29, 0.717) is 21.9 Å². The first kappa shape index (κ1) is 19.3. The molecule has 0 saturated carbocycles. The number of fused-ring (bicyclic) bond motifs is 2. The Bertz CT molecular complexity index is 1430. The molecule has 0 fully saturated rings. The highest BCUT2D eigenvalue weighted by atomic mass is 35.5. The molecule has 5 heteroatoms. The number of carbonyl (C=O) groups is 1. The second-order valence-corrected chi connectivity index (χ2v) is 8.11. The van der Waals surface area contributed by atoms with Crippen molar-refractivity contribution in [2.45, 2.75) is 0 Å². The minimum atomic E-state index is -0.127. The first-order chi connectivity index (χ1) is 15.0. The molecule has 152 valence electrons. The van der Waals surface area contributed by atoms with E-state index in [4.69, 9.17) is 16.6 Å². The van der Waals surface area contributed by atoms with Crippen LogP contribution in [-0.2, 0) is 0 Å². The molecule has 0 N–H and O–H groups in total. The van der Waals surface area contributed by atoms with Gasteiger partial charge in [-0.25, -0.2) is 4.98 Å². The summed E-state index contributed by atoms with van der Waals surface area (Å²) in [6.07, 6.45) is 0. The molecule has 31 heavy (non-hydrogen) atoms. The summed E-state index contributed by atoms with van der Waals surface area (Å²) in [5.74, 6) is 0.480. The number of imidazole rings is 1. The van der Waals surface area contributed by atoms with Gasteiger partial charge in [-0.05, 0) is 53.2 Å². The van der Waals surface area contributed by atoms with Crippen LogP contribution in [0.4, 0.5) is 5.69 Å². The summed E-state index contributed by atoms with van der Waals surface area (Å²) in [5, 5.41) is 2.73. The molecule has 0 bridgehead atoms. The van der Waals surface area contributed by atoms with E-state index in [2.05, 4.69) is 18.2 Å². The molecule has 0 amide bonds. The summed E-state index contributed by atoms with van der Waals surface area (Å²) in [6.45, 7) is 0. The Morgan fingerprint density at radius 2 is 1.65 bits per heavy atom. The van der Waals surface area contributed by atoms with E-state index in [-0.39, 0.29) is 5.91 Å². The second-order valence-electron chi connectivity index (χ2n) is 7.68. The fourth-order valence-electron chi connectivity index (χ4n) is 3.89. The van der Waals surface area contributed by atoms with Gasteiger partial charge in [-0.15, -0.1) is 0 Å². The van der Waals surface area contributed by atoms with Gasteiger partial charge in [0.15, 0.2) is 0 Å². The first-order valence-electron chi connectivity index (χ1n) is 10.0. The number of nitrogens with zero attached hydrogens (tertiary/aromatic N) is 3. The molecular weight excluding hydrogens is 406 g/mol. The number of hydrogen-bond acceptors (Lipinski definition) is 3. The lowest BCUT2D eigenvalue weighted by Crippen LogP contribution is -2.14. The number of halogens is 1. The van der Waals surface area contributed by atoms with Crippen LogP contribution < -0.4 is 4.90 Å². The quantitative estimate of drug-likeness (QED) is 0.342. The maximum absolute atomic E-state index is 13.7. The molecule has 4 aromatic carbocycles. The Morgan fingerprint density at radius 1 is 0.903 bits per heavy atom. The minimum Gasteiger partial charge on any atom is -0.378 e. The normalized spacial score (nSPS) is 11.2. The van der Waals surface area contributed by atoms with Crippen molar-refractivity contribution in [3.8, 4) is 11.4 Å². The van der Waals surface area contributed by atoms with E-state index in [1.807, 2.05) is 73.6 Å². The predicted octanol–water partition coefficient (Wildman–Crippen LogP) is 6.26. The third-order valence-corrected chi connectivity index (χ3v) is 5.72. The summed E-state index contributed by atoms with van der Waals surface area (Å²) >= 11 is 6.23. The van der Waals surface area contributed by atoms with Gasteiger partial charge in [0.05, 0.1) is 11.0 Å². The van der Waals surface area contributed by atoms with Crippen molar-refractivity contribution in [1.82, 2.24) is 9.55 Å². The van der Waals surface area contributed by atoms with Crippen LogP contribution in [0.3, 0.4) is 0 Å². The van der Waals surface area contributed by atoms with Crippen molar-refractivity contribution in [1.29, 1.82) is 0 Å². The molecule has 1 aromatic heterocycles. The lowest BCUT2D eigenvalue weighted by atomic mass is 10.0. The van der Waals surface area contributed by atoms with Crippen LogP contribution in [0.15, 0.2) is 84.9 Å². The van der Waals surface area contributed by atoms with Crippen molar-refractivity contribution in [3.63, 3.8) is 0 Å². The number of rotatable bonds is 3. The highest BCUT2D eigenvalue weighted by molar-refractivity contribution is 6.31. The molecule has 0 aliphatic heterocycles. The summed E-state index contributed by atoms with van der Waals surface area (Å²) in [5.41, 5.74) is 3.96. The average molecular weight is 426 g/mol. The topological polar surface area (TPSA) is 38.1 Å².